The number of thiazole rings is 1. The van der Waals surface area contributed by atoms with Crippen molar-refractivity contribution in [3.8, 4) is 6.01 Å². The molecule has 2 aliphatic rings. The first kappa shape index (κ1) is 28.5. The van der Waals surface area contributed by atoms with Crippen LogP contribution in [0.1, 0.15) is 69.7 Å². The molecule has 42 heavy (non-hydrogen) atoms. The van der Waals surface area contributed by atoms with Crippen molar-refractivity contribution >= 4 is 34.7 Å². The molecule has 4 aromatic heterocycles. The molecule has 9 nitrogen and oxygen atoms in total. The molecule has 0 saturated heterocycles. The maximum absolute atomic E-state index is 12.2. The molecule has 4 heterocycles. The Morgan fingerprint density at radius 1 is 1.07 bits per heavy atom. The van der Waals surface area contributed by atoms with E-state index >= 15 is 0 Å². The maximum atomic E-state index is 12.2. The van der Waals surface area contributed by atoms with Gasteiger partial charge in [0.15, 0.2) is 0 Å². The first-order chi connectivity index (χ1) is 20.4. The van der Waals surface area contributed by atoms with Crippen molar-refractivity contribution in [1.29, 1.82) is 0 Å². The fourth-order valence-corrected chi connectivity index (χ4v) is 6.43. The molecule has 0 amide bonds. The van der Waals surface area contributed by atoms with Crippen LogP contribution in [0.3, 0.4) is 0 Å². The normalized spacial score (nSPS) is 20.7. The summed E-state index contributed by atoms with van der Waals surface area (Å²) in [5, 5.41) is 4.84. The molecule has 2 fully saturated rings. The number of nitrogens with zero attached hydrogens (tertiary/aromatic N) is 5. The number of hydrogen-bond acceptors (Lipinski definition) is 10. The maximum Gasteiger partial charge on any atom is 0.319 e. The Labute approximate surface area is 254 Å². The van der Waals surface area contributed by atoms with Crippen LogP contribution in [-0.2, 0) is 22.5 Å². The van der Waals surface area contributed by atoms with Crippen LogP contribution in [-0.4, -0.2) is 44.1 Å². The molecule has 0 radical (unpaired) electrons. The second-order valence-corrected chi connectivity index (χ2v) is 12.5. The lowest BCUT2D eigenvalue weighted by Gasteiger charge is -2.15. The summed E-state index contributed by atoms with van der Waals surface area (Å²) in [5.74, 6) is 1.20. The minimum atomic E-state index is -0.153. The third kappa shape index (κ3) is 6.55. The van der Waals surface area contributed by atoms with Crippen LogP contribution in [0.15, 0.2) is 42.7 Å². The van der Waals surface area contributed by atoms with Crippen molar-refractivity contribution in [1.82, 2.24) is 24.9 Å². The molecule has 1 N–H and O–H groups in total. The van der Waals surface area contributed by atoms with E-state index in [4.69, 9.17) is 26.1 Å². The van der Waals surface area contributed by atoms with E-state index in [-0.39, 0.29) is 23.8 Å². The highest BCUT2D eigenvalue weighted by Crippen LogP contribution is 2.48. The third-order valence-corrected chi connectivity index (χ3v) is 9.14. The van der Waals surface area contributed by atoms with Crippen molar-refractivity contribution < 1.29 is 14.3 Å². The van der Waals surface area contributed by atoms with E-state index in [2.05, 4.69) is 31.3 Å². The topological polar surface area (TPSA) is 112 Å². The molecule has 6 rings (SSSR count). The molecule has 4 unspecified atom stereocenters. The number of carbonyl (C=O) groups excluding carboxylic acids is 1. The zero-order valence-corrected chi connectivity index (χ0v) is 25.4. The Hall–Kier alpha value is -3.63. The average Bonchev–Trinajstić information content (AvgIpc) is 3.90. The number of rotatable bonds is 12. The number of nitrogens with one attached hydrogen (secondary N) is 1. The van der Waals surface area contributed by atoms with Crippen LogP contribution in [0.4, 0.5) is 5.82 Å². The first-order valence-electron chi connectivity index (χ1n) is 14.3. The van der Waals surface area contributed by atoms with Crippen molar-refractivity contribution in [3.05, 3.63) is 86.0 Å². The number of carbonyl (C=O) groups is 1. The average molecular weight is 605 g/mol. The van der Waals surface area contributed by atoms with Gasteiger partial charge in [0.2, 0.25) is 0 Å². The Morgan fingerprint density at radius 2 is 1.93 bits per heavy atom. The summed E-state index contributed by atoms with van der Waals surface area (Å²) >= 11 is 8.46. The molecular formula is C31H33ClN6O3S. The predicted octanol–water partition coefficient (Wildman–Crippen LogP) is 6.05. The van der Waals surface area contributed by atoms with Gasteiger partial charge in [-0.15, -0.1) is 11.3 Å². The summed E-state index contributed by atoms with van der Waals surface area (Å²) in [6.07, 6.45) is 5.89. The standard InChI is InChI=1S/C31H33ClN6O3S/c1-4-40-30(39)23-14-22(23)26-12-19(8-10-34-26)11-24-28(32)37-31(38-29(24)35-15-27-17(2)36-18(3)42-27)41-16-20-13-21(20)25-7-5-6-9-33-25/h5-10,12,20-23H,4,11,13-16H2,1-3H3,(H,35,37,38). The fourth-order valence-electron chi connectivity index (χ4n) is 5.32. The fraction of sp³-hybridized carbons (Fsp3) is 0.419. The third-order valence-electron chi connectivity index (χ3n) is 7.75. The minimum absolute atomic E-state index is 0.0824. The molecular weight excluding hydrogens is 572 g/mol. The van der Waals surface area contributed by atoms with E-state index < -0.39 is 0 Å². The second-order valence-electron chi connectivity index (χ2n) is 10.9. The summed E-state index contributed by atoms with van der Waals surface area (Å²) in [6.45, 7) is 7.28. The van der Waals surface area contributed by atoms with Crippen LogP contribution in [0, 0.1) is 25.7 Å². The predicted molar refractivity (Wildman–Crippen MR) is 161 cm³/mol. The lowest BCUT2D eigenvalue weighted by Crippen LogP contribution is -2.11. The molecule has 218 valence electrons. The zero-order chi connectivity index (χ0) is 29.2. The molecule has 11 heteroatoms. The minimum Gasteiger partial charge on any atom is -0.466 e. The molecule has 0 aromatic carbocycles. The van der Waals surface area contributed by atoms with Gasteiger partial charge in [0.05, 0.1) is 36.4 Å². The van der Waals surface area contributed by atoms with Gasteiger partial charge in [-0.3, -0.25) is 14.8 Å². The molecule has 2 aliphatic carbocycles. The van der Waals surface area contributed by atoms with E-state index in [0.717, 1.165) is 50.9 Å². The van der Waals surface area contributed by atoms with Crippen LogP contribution in [0.25, 0.3) is 0 Å². The van der Waals surface area contributed by atoms with E-state index in [9.17, 15) is 4.79 Å². The van der Waals surface area contributed by atoms with Gasteiger partial charge in [0, 0.05) is 58.4 Å². The first-order valence-corrected chi connectivity index (χ1v) is 15.5. The highest BCUT2D eigenvalue weighted by Gasteiger charge is 2.46. The largest absolute Gasteiger partial charge is 0.466 e. The van der Waals surface area contributed by atoms with Crippen molar-refractivity contribution in [2.24, 2.45) is 11.8 Å². The molecule has 0 bridgehead atoms. The molecule has 4 atom stereocenters. The monoisotopic (exact) mass is 604 g/mol. The van der Waals surface area contributed by atoms with Crippen LogP contribution >= 0.6 is 22.9 Å². The van der Waals surface area contributed by atoms with Gasteiger partial charge in [-0.1, -0.05) is 17.7 Å². The number of pyridine rings is 2. The SMILES string of the molecule is CCOC(=O)C1CC1c1cc(Cc2c(Cl)nc(OCC3CC3c3ccccn3)nc2NCc2sc(C)nc2C)ccn1. The Kier molecular flexibility index (Phi) is 8.35. The number of anilines is 1. The van der Waals surface area contributed by atoms with Crippen LogP contribution in [0.5, 0.6) is 6.01 Å². The van der Waals surface area contributed by atoms with Gasteiger partial charge >= 0.3 is 12.0 Å². The van der Waals surface area contributed by atoms with Gasteiger partial charge in [0.25, 0.3) is 0 Å². The van der Waals surface area contributed by atoms with Crippen molar-refractivity contribution in [3.63, 3.8) is 0 Å². The Morgan fingerprint density at radius 3 is 2.69 bits per heavy atom. The lowest BCUT2D eigenvalue weighted by atomic mass is 10.1. The summed E-state index contributed by atoms with van der Waals surface area (Å²) in [6, 6.07) is 10.2. The molecule has 0 spiro atoms. The number of aryl methyl sites for hydroxylation is 2. The molecule has 4 aromatic rings. The number of hydrogen-bond donors (Lipinski definition) is 1. The van der Waals surface area contributed by atoms with Crippen LogP contribution in [0.2, 0.25) is 5.15 Å². The summed E-state index contributed by atoms with van der Waals surface area (Å²) in [5.41, 5.74) is 4.76. The van der Waals surface area contributed by atoms with Crippen molar-refractivity contribution in [2.45, 2.75) is 58.4 Å². The lowest BCUT2D eigenvalue weighted by molar-refractivity contribution is -0.144. The van der Waals surface area contributed by atoms with E-state index in [0.29, 0.717) is 49.0 Å². The highest BCUT2D eigenvalue weighted by molar-refractivity contribution is 7.11. The number of ether oxygens (including phenoxy) is 2. The van der Waals surface area contributed by atoms with E-state index in [1.807, 2.05) is 51.2 Å². The number of esters is 1. The zero-order valence-electron chi connectivity index (χ0n) is 23.8. The second kappa shape index (κ2) is 12.3. The van der Waals surface area contributed by atoms with Gasteiger partial charge in [-0.25, -0.2) is 4.98 Å². The molecule has 0 aliphatic heterocycles. The van der Waals surface area contributed by atoms with Crippen LogP contribution < -0.4 is 10.1 Å². The van der Waals surface area contributed by atoms with E-state index in [1.165, 1.54) is 0 Å². The highest BCUT2D eigenvalue weighted by atomic mass is 35.5. The van der Waals surface area contributed by atoms with Gasteiger partial charge in [-0.2, -0.15) is 9.97 Å². The van der Waals surface area contributed by atoms with E-state index in [1.54, 1.807) is 17.5 Å². The summed E-state index contributed by atoms with van der Waals surface area (Å²) in [4.78, 5) is 36.2. The number of aromatic nitrogens is 5. The molecule has 2 saturated carbocycles. The van der Waals surface area contributed by atoms with Gasteiger partial charge in [0.1, 0.15) is 11.0 Å². The van der Waals surface area contributed by atoms with Gasteiger partial charge < -0.3 is 14.8 Å². The summed E-state index contributed by atoms with van der Waals surface area (Å²) < 4.78 is 11.3. The van der Waals surface area contributed by atoms with Crippen molar-refractivity contribution in [2.75, 3.05) is 18.5 Å². The number of halogens is 1. The summed E-state index contributed by atoms with van der Waals surface area (Å²) in [7, 11) is 0. The Balaban J connectivity index is 1.20. The quantitative estimate of drug-likeness (QED) is 0.153. The van der Waals surface area contributed by atoms with Gasteiger partial charge in [-0.05, 0) is 63.4 Å². The smallest absolute Gasteiger partial charge is 0.319 e. The Bertz CT molecular complexity index is 1580.